The average molecular weight is 292 g/mol. The lowest BCUT2D eigenvalue weighted by atomic mass is 10.1. The predicted octanol–water partition coefficient (Wildman–Crippen LogP) is -0.453. The summed E-state index contributed by atoms with van der Waals surface area (Å²) in [6.07, 6.45) is -0.810. The molecule has 6 N–H and O–H groups in total. The smallest absolute Gasteiger partial charge is 0.265 e. The topological polar surface area (TPSA) is 137 Å². The molecule has 1 aromatic carbocycles. The van der Waals surface area contributed by atoms with Crippen LogP contribution >= 0.6 is 0 Å². The first kappa shape index (κ1) is 14.8. The number of carbonyl (C=O) groups excluding carboxylic acids is 3. The van der Waals surface area contributed by atoms with Gasteiger partial charge in [0.2, 0.25) is 11.8 Å². The van der Waals surface area contributed by atoms with Gasteiger partial charge in [0.25, 0.3) is 5.91 Å². The summed E-state index contributed by atoms with van der Waals surface area (Å²) in [5.74, 6) is -0.944. The number of hydrogen-bond acceptors (Lipinski definition) is 5. The predicted molar refractivity (Wildman–Crippen MR) is 75.6 cm³/mol. The maximum atomic E-state index is 11.8. The van der Waals surface area contributed by atoms with E-state index in [2.05, 4.69) is 10.6 Å². The van der Waals surface area contributed by atoms with Gasteiger partial charge in [0, 0.05) is 5.69 Å². The number of ether oxygens (including phenoxy) is 1. The van der Waals surface area contributed by atoms with Gasteiger partial charge in [-0.2, -0.15) is 0 Å². The van der Waals surface area contributed by atoms with Gasteiger partial charge in [-0.15, -0.1) is 0 Å². The molecule has 2 atom stereocenters. The standard InChI is InChI=1S/C13H16N4O4/c1-6-12(19)17-9-4-7(2-3-10(9)21-6)16-13(20)8(14)5-11(15)18/h2-4,6,8H,5,14H2,1H3,(H2,15,18)(H,16,20)(H,17,19). The van der Waals surface area contributed by atoms with Gasteiger partial charge in [-0.05, 0) is 25.1 Å². The number of fused-ring (bicyclic) bond motifs is 1. The second kappa shape index (κ2) is 5.80. The number of hydrogen-bond donors (Lipinski definition) is 4. The number of anilines is 2. The van der Waals surface area contributed by atoms with E-state index in [0.717, 1.165) is 0 Å². The highest BCUT2D eigenvalue weighted by Crippen LogP contribution is 2.32. The van der Waals surface area contributed by atoms with Crippen molar-refractivity contribution < 1.29 is 19.1 Å². The summed E-state index contributed by atoms with van der Waals surface area (Å²) < 4.78 is 5.39. The first-order valence-electron chi connectivity index (χ1n) is 6.33. The molecule has 0 radical (unpaired) electrons. The Morgan fingerprint density at radius 1 is 1.48 bits per heavy atom. The molecule has 1 aromatic rings. The molecule has 1 aliphatic rings. The molecule has 112 valence electrons. The van der Waals surface area contributed by atoms with Gasteiger partial charge in [0.1, 0.15) is 5.75 Å². The molecule has 2 rings (SSSR count). The Hall–Kier alpha value is -2.61. The summed E-state index contributed by atoms with van der Waals surface area (Å²) in [5, 5.41) is 5.21. The Labute approximate surface area is 120 Å². The number of nitrogens with one attached hydrogen (secondary N) is 2. The minimum Gasteiger partial charge on any atom is -0.479 e. The van der Waals surface area contributed by atoms with Crippen LogP contribution in [0.3, 0.4) is 0 Å². The van der Waals surface area contributed by atoms with Crippen LogP contribution in [0.4, 0.5) is 11.4 Å². The van der Waals surface area contributed by atoms with Gasteiger partial charge >= 0.3 is 0 Å². The lowest BCUT2D eigenvalue weighted by Crippen LogP contribution is -2.39. The fraction of sp³-hybridized carbons (Fsp3) is 0.308. The second-order valence-electron chi connectivity index (χ2n) is 4.73. The zero-order valence-electron chi connectivity index (χ0n) is 11.4. The molecule has 21 heavy (non-hydrogen) atoms. The van der Waals surface area contributed by atoms with Crippen molar-refractivity contribution in [1.82, 2.24) is 0 Å². The summed E-state index contributed by atoms with van der Waals surface area (Å²) in [6, 6.07) is 3.76. The van der Waals surface area contributed by atoms with Gasteiger partial charge in [0.05, 0.1) is 18.2 Å². The van der Waals surface area contributed by atoms with Crippen LogP contribution in [0.15, 0.2) is 18.2 Å². The SMILES string of the molecule is CC1Oc2ccc(NC(=O)C(N)CC(N)=O)cc2NC1=O. The van der Waals surface area contributed by atoms with Gasteiger partial charge in [-0.1, -0.05) is 0 Å². The van der Waals surface area contributed by atoms with Crippen LogP contribution in [0.2, 0.25) is 0 Å². The number of nitrogens with two attached hydrogens (primary N) is 2. The minimum absolute atomic E-state index is 0.242. The normalized spacial score (nSPS) is 18.0. The molecule has 0 fully saturated rings. The fourth-order valence-corrected chi connectivity index (χ4v) is 1.83. The second-order valence-corrected chi connectivity index (χ2v) is 4.73. The molecule has 0 aliphatic carbocycles. The summed E-state index contributed by atoms with van der Waals surface area (Å²) >= 11 is 0. The summed E-state index contributed by atoms with van der Waals surface area (Å²) in [5.41, 5.74) is 11.4. The minimum atomic E-state index is -1.02. The van der Waals surface area contributed by atoms with Gasteiger partial charge in [0.15, 0.2) is 6.10 Å². The van der Waals surface area contributed by atoms with E-state index in [1.807, 2.05) is 0 Å². The molecule has 0 bridgehead atoms. The van der Waals surface area contributed by atoms with E-state index in [1.165, 1.54) is 0 Å². The van der Waals surface area contributed by atoms with Crippen molar-refractivity contribution in [2.24, 2.45) is 11.5 Å². The van der Waals surface area contributed by atoms with Crippen molar-refractivity contribution in [3.05, 3.63) is 18.2 Å². The van der Waals surface area contributed by atoms with E-state index in [9.17, 15) is 14.4 Å². The molecule has 1 aliphatic heterocycles. The quantitative estimate of drug-likeness (QED) is 0.595. The number of amides is 3. The van der Waals surface area contributed by atoms with Gasteiger partial charge in [-0.25, -0.2) is 0 Å². The third-order valence-corrected chi connectivity index (χ3v) is 2.94. The van der Waals surface area contributed by atoms with E-state index in [1.54, 1.807) is 25.1 Å². The summed E-state index contributed by atoms with van der Waals surface area (Å²) in [6.45, 7) is 1.64. The van der Waals surface area contributed by atoms with Crippen molar-refractivity contribution in [3.8, 4) is 5.75 Å². The van der Waals surface area contributed by atoms with Gasteiger partial charge in [-0.3, -0.25) is 14.4 Å². The maximum Gasteiger partial charge on any atom is 0.265 e. The maximum absolute atomic E-state index is 11.8. The van der Waals surface area contributed by atoms with Crippen LogP contribution in [-0.4, -0.2) is 29.9 Å². The Morgan fingerprint density at radius 2 is 2.19 bits per heavy atom. The molecular weight excluding hydrogens is 276 g/mol. The van der Waals surface area contributed by atoms with E-state index >= 15 is 0 Å². The van der Waals surface area contributed by atoms with Crippen molar-refractivity contribution in [3.63, 3.8) is 0 Å². The van der Waals surface area contributed by atoms with Crippen LogP contribution < -0.4 is 26.8 Å². The first-order chi connectivity index (χ1) is 9.86. The number of benzene rings is 1. The highest BCUT2D eigenvalue weighted by molar-refractivity contribution is 6.00. The zero-order chi connectivity index (χ0) is 15.6. The van der Waals surface area contributed by atoms with Crippen molar-refractivity contribution in [2.75, 3.05) is 10.6 Å². The fourth-order valence-electron chi connectivity index (χ4n) is 1.83. The van der Waals surface area contributed by atoms with Crippen LogP contribution in [0.5, 0.6) is 5.75 Å². The Morgan fingerprint density at radius 3 is 2.86 bits per heavy atom. The largest absolute Gasteiger partial charge is 0.479 e. The van der Waals surface area contributed by atoms with Crippen LogP contribution in [0.1, 0.15) is 13.3 Å². The highest BCUT2D eigenvalue weighted by Gasteiger charge is 2.24. The van der Waals surface area contributed by atoms with Crippen LogP contribution in [-0.2, 0) is 14.4 Å². The Kier molecular flexibility index (Phi) is 4.08. The number of primary amides is 1. The number of carbonyl (C=O) groups is 3. The third-order valence-electron chi connectivity index (χ3n) is 2.94. The molecule has 2 unspecified atom stereocenters. The van der Waals surface area contributed by atoms with E-state index in [0.29, 0.717) is 17.1 Å². The third kappa shape index (κ3) is 3.48. The van der Waals surface area contributed by atoms with Crippen molar-refractivity contribution in [2.45, 2.75) is 25.5 Å². The van der Waals surface area contributed by atoms with Gasteiger partial charge < -0.3 is 26.8 Å². The molecule has 0 saturated heterocycles. The molecule has 0 saturated carbocycles. The Balaban J connectivity index is 2.09. The van der Waals surface area contributed by atoms with E-state index in [-0.39, 0.29) is 12.3 Å². The highest BCUT2D eigenvalue weighted by atomic mass is 16.5. The first-order valence-corrected chi connectivity index (χ1v) is 6.33. The molecule has 0 spiro atoms. The molecule has 8 heteroatoms. The summed E-state index contributed by atoms with van der Waals surface area (Å²) in [4.78, 5) is 34.0. The van der Waals surface area contributed by atoms with Crippen molar-refractivity contribution in [1.29, 1.82) is 0 Å². The molecule has 1 heterocycles. The molecule has 8 nitrogen and oxygen atoms in total. The van der Waals surface area contributed by atoms with Crippen LogP contribution in [0, 0.1) is 0 Å². The average Bonchev–Trinajstić information content (AvgIpc) is 2.39. The van der Waals surface area contributed by atoms with Crippen molar-refractivity contribution >= 4 is 29.1 Å². The zero-order valence-corrected chi connectivity index (χ0v) is 11.4. The monoisotopic (exact) mass is 292 g/mol. The van der Waals surface area contributed by atoms with Crippen LogP contribution in [0.25, 0.3) is 0 Å². The van der Waals surface area contributed by atoms with E-state index < -0.39 is 24.0 Å². The Bertz CT molecular complexity index is 602. The summed E-state index contributed by atoms with van der Waals surface area (Å²) in [7, 11) is 0. The lowest BCUT2D eigenvalue weighted by molar-refractivity contribution is -0.123. The molecule has 3 amide bonds. The number of rotatable bonds is 4. The van der Waals surface area contributed by atoms with E-state index in [4.69, 9.17) is 16.2 Å². The molecular formula is C13H16N4O4. The lowest BCUT2D eigenvalue weighted by Gasteiger charge is -2.23. The molecule has 0 aromatic heterocycles.